The van der Waals surface area contributed by atoms with Crippen LogP contribution in [0, 0.1) is 0 Å². The molecule has 2 aromatic heterocycles. The predicted molar refractivity (Wildman–Crippen MR) is 111 cm³/mol. The SMILES string of the molecule is CCN(CC)C(CNC(=O)c1cnc2ccccn2c1=O)c1ccccc1Cl. The zero-order valence-electron chi connectivity index (χ0n) is 15.9. The summed E-state index contributed by atoms with van der Waals surface area (Å²) in [7, 11) is 0. The van der Waals surface area contributed by atoms with E-state index < -0.39 is 5.91 Å². The lowest BCUT2D eigenvalue weighted by Crippen LogP contribution is -2.40. The molecule has 0 fully saturated rings. The topological polar surface area (TPSA) is 66.7 Å². The van der Waals surface area contributed by atoms with Crippen molar-refractivity contribution in [3.63, 3.8) is 0 Å². The van der Waals surface area contributed by atoms with Crippen molar-refractivity contribution in [2.75, 3.05) is 19.6 Å². The van der Waals surface area contributed by atoms with Crippen molar-refractivity contribution in [1.29, 1.82) is 0 Å². The average molecular weight is 399 g/mol. The fourth-order valence-electron chi connectivity index (χ4n) is 3.31. The minimum atomic E-state index is -0.444. The Kier molecular flexibility index (Phi) is 6.44. The summed E-state index contributed by atoms with van der Waals surface area (Å²) in [5.41, 5.74) is 1.07. The highest BCUT2D eigenvalue weighted by Gasteiger charge is 2.22. The van der Waals surface area contributed by atoms with Crippen molar-refractivity contribution in [2.24, 2.45) is 0 Å². The molecular weight excluding hydrogens is 376 g/mol. The zero-order chi connectivity index (χ0) is 20.1. The smallest absolute Gasteiger partial charge is 0.270 e. The van der Waals surface area contributed by atoms with E-state index in [1.807, 2.05) is 24.3 Å². The van der Waals surface area contributed by atoms with Gasteiger partial charge >= 0.3 is 0 Å². The molecule has 0 saturated carbocycles. The molecule has 1 amide bonds. The van der Waals surface area contributed by atoms with E-state index in [4.69, 9.17) is 11.6 Å². The Morgan fingerprint density at radius 2 is 1.89 bits per heavy atom. The highest BCUT2D eigenvalue weighted by Crippen LogP contribution is 2.27. The van der Waals surface area contributed by atoms with Crippen LogP contribution < -0.4 is 10.9 Å². The second-order valence-electron chi connectivity index (χ2n) is 6.37. The van der Waals surface area contributed by atoms with E-state index in [0.717, 1.165) is 18.7 Å². The van der Waals surface area contributed by atoms with Gasteiger partial charge in [0.1, 0.15) is 11.2 Å². The number of halogens is 1. The summed E-state index contributed by atoms with van der Waals surface area (Å²) in [5, 5.41) is 3.54. The minimum absolute atomic E-state index is 0.0150. The van der Waals surface area contributed by atoms with E-state index in [1.165, 1.54) is 10.6 Å². The van der Waals surface area contributed by atoms with Crippen LogP contribution in [0.25, 0.3) is 5.65 Å². The molecule has 1 N–H and O–H groups in total. The number of likely N-dealkylation sites (N-methyl/N-ethyl adjacent to an activating group) is 1. The molecule has 2 heterocycles. The van der Waals surface area contributed by atoms with Gasteiger partial charge in [0, 0.05) is 24.0 Å². The number of hydrogen-bond acceptors (Lipinski definition) is 4. The summed E-state index contributed by atoms with van der Waals surface area (Å²) in [4.78, 5) is 31.7. The first-order valence-corrected chi connectivity index (χ1v) is 9.67. The first-order valence-electron chi connectivity index (χ1n) is 9.29. The summed E-state index contributed by atoms with van der Waals surface area (Å²) in [6, 6.07) is 12.8. The van der Waals surface area contributed by atoms with E-state index in [-0.39, 0.29) is 17.2 Å². The largest absolute Gasteiger partial charge is 0.350 e. The molecule has 3 rings (SSSR count). The van der Waals surface area contributed by atoms with Crippen molar-refractivity contribution in [2.45, 2.75) is 19.9 Å². The number of amides is 1. The Hall–Kier alpha value is -2.70. The van der Waals surface area contributed by atoms with E-state index in [9.17, 15) is 9.59 Å². The quantitative estimate of drug-likeness (QED) is 0.663. The lowest BCUT2D eigenvalue weighted by atomic mass is 10.0. The predicted octanol–water partition coefficient (Wildman–Crippen LogP) is 3.16. The third kappa shape index (κ3) is 4.08. The third-order valence-corrected chi connectivity index (χ3v) is 5.18. The van der Waals surface area contributed by atoms with Gasteiger partial charge in [0.15, 0.2) is 0 Å². The highest BCUT2D eigenvalue weighted by atomic mass is 35.5. The molecule has 6 nitrogen and oxygen atoms in total. The van der Waals surface area contributed by atoms with Gasteiger partial charge in [-0.3, -0.25) is 18.9 Å². The van der Waals surface area contributed by atoms with Crippen LogP contribution in [0.5, 0.6) is 0 Å². The summed E-state index contributed by atoms with van der Waals surface area (Å²) in [6.07, 6.45) is 2.93. The van der Waals surface area contributed by atoms with Gasteiger partial charge in [0.2, 0.25) is 0 Å². The van der Waals surface area contributed by atoms with E-state index in [1.54, 1.807) is 24.4 Å². The normalized spacial score (nSPS) is 12.3. The number of benzene rings is 1. The van der Waals surface area contributed by atoms with Crippen LogP contribution in [0.4, 0.5) is 0 Å². The monoisotopic (exact) mass is 398 g/mol. The van der Waals surface area contributed by atoms with Crippen molar-refractivity contribution in [3.05, 3.63) is 81.4 Å². The Morgan fingerprint density at radius 3 is 2.61 bits per heavy atom. The molecule has 0 aliphatic carbocycles. The molecule has 3 aromatic rings. The number of rotatable bonds is 7. The van der Waals surface area contributed by atoms with Gasteiger partial charge in [0.25, 0.3) is 11.5 Å². The Labute approximate surface area is 168 Å². The number of nitrogens with zero attached hydrogens (tertiary/aromatic N) is 3. The summed E-state index contributed by atoms with van der Waals surface area (Å²) < 4.78 is 1.37. The molecule has 0 spiro atoms. The lowest BCUT2D eigenvalue weighted by molar-refractivity contribution is 0.0933. The van der Waals surface area contributed by atoms with Crippen molar-refractivity contribution in [3.8, 4) is 0 Å². The van der Waals surface area contributed by atoms with E-state index in [2.05, 4.69) is 29.0 Å². The van der Waals surface area contributed by atoms with Crippen LogP contribution in [0.15, 0.2) is 59.7 Å². The molecule has 0 aliphatic heterocycles. The Balaban J connectivity index is 1.85. The highest BCUT2D eigenvalue weighted by molar-refractivity contribution is 6.31. The second kappa shape index (κ2) is 8.99. The van der Waals surface area contributed by atoms with Gasteiger partial charge in [-0.2, -0.15) is 0 Å². The van der Waals surface area contributed by atoms with Crippen LogP contribution in [0.1, 0.15) is 35.8 Å². The molecule has 0 bridgehead atoms. The van der Waals surface area contributed by atoms with Crippen LogP contribution in [-0.4, -0.2) is 39.8 Å². The third-order valence-electron chi connectivity index (χ3n) is 4.83. The summed E-state index contributed by atoms with van der Waals surface area (Å²) in [5.74, 6) is -0.444. The van der Waals surface area contributed by atoms with Crippen molar-refractivity contribution < 1.29 is 4.79 Å². The van der Waals surface area contributed by atoms with Crippen LogP contribution in [0.2, 0.25) is 5.02 Å². The van der Waals surface area contributed by atoms with Gasteiger partial charge in [-0.25, -0.2) is 4.98 Å². The molecule has 1 atom stereocenters. The standard InChI is InChI=1S/C21H23ClN4O2/c1-3-25(4-2)18(15-9-5-6-10-17(15)22)14-24-20(27)16-13-23-19-11-7-8-12-26(19)21(16)28/h5-13,18H,3-4,14H2,1-2H3,(H,24,27). The van der Waals surface area contributed by atoms with Gasteiger partial charge in [0.05, 0.1) is 6.04 Å². The molecule has 146 valence electrons. The number of hydrogen-bond donors (Lipinski definition) is 1. The molecule has 1 unspecified atom stereocenters. The number of carbonyl (C=O) groups is 1. The van der Waals surface area contributed by atoms with Gasteiger partial charge < -0.3 is 5.32 Å². The fourth-order valence-corrected chi connectivity index (χ4v) is 3.57. The number of pyridine rings is 1. The molecule has 0 radical (unpaired) electrons. The molecule has 1 aromatic carbocycles. The van der Waals surface area contributed by atoms with Gasteiger partial charge in [-0.15, -0.1) is 0 Å². The van der Waals surface area contributed by atoms with Gasteiger partial charge in [-0.05, 0) is 36.9 Å². The minimum Gasteiger partial charge on any atom is -0.350 e. The number of fused-ring (bicyclic) bond motifs is 1. The number of carbonyl (C=O) groups excluding carboxylic acids is 1. The zero-order valence-corrected chi connectivity index (χ0v) is 16.7. The number of aromatic nitrogens is 2. The molecular formula is C21H23ClN4O2. The number of nitrogens with one attached hydrogen (secondary N) is 1. The average Bonchev–Trinajstić information content (AvgIpc) is 2.72. The van der Waals surface area contributed by atoms with E-state index in [0.29, 0.717) is 17.2 Å². The van der Waals surface area contributed by atoms with E-state index >= 15 is 0 Å². The van der Waals surface area contributed by atoms with Gasteiger partial charge in [-0.1, -0.05) is 49.7 Å². The van der Waals surface area contributed by atoms with Crippen molar-refractivity contribution in [1.82, 2.24) is 19.6 Å². The maximum absolute atomic E-state index is 12.7. The second-order valence-corrected chi connectivity index (χ2v) is 6.78. The molecule has 0 saturated heterocycles. The van der Waals surface area contributed by atoms with Crippen LogP contribution >= 0.6 is 11.6 Å². The molecule has 7 heteroatoms. The maximum Gasteiger partial charge on any atom is 0.270 e. The van der Waals surface area contributed by atoms with Crippen molar-refractivity contribution >= 4 is 23.2 Å². The maximum atomic E-state index is 12.7. The first kappa shape index (κ1) is 20.0. The fraction of sp³-hybridized carbons (Fsp3) is 0.286. The summed E-state index contributed by atoms with van der Waals surface area (Å²) in [6.45, 7) is 6.08. The molecule has 0 aliphatic rings. The first-order chi connectivity index (χ1) is 13.6. The lowest BCUT2D eigenvalue weighted by Gasteiger charge is -2.30. The van der Waals surface area contributed by atoms with Crippen LogP contribution in [-0.2, 0) is 0 Å². The Bertz CT molecular complexity index is 1030. The molecule has 28 heavy (non-hydrogen) atoms. The summed E-state index contributed by atoms with van der Waals surface area (Å²) >= 11 is 6.40. The van der Waals surface area contributed by atoms with Crippen LogP contribution in [0.3, 0.4) is 0 Å². The Morgan fingerprint density at radius 1 is 1.18 bits per heavy atom.